The van der Waals surface area contributed by atoms with Gasteiger partial charge in [-0.1, -0.05) is 45.0 Å². The van der Waals surface area contributed by atoms with Gasteiger partial charge in [-0.3, -0.25) is 9.69 Å². The Bertz CT molecular complexity index is 1220. The lowest BCUT2D eigenvalue weighted by atomic mass is 9.81. The molecular formula is C30H38N2O4. The van der Waals surface area contributed by atoms with E-state index in [1.54, 1.807) is 21.3 Å². The van der Waals surface area contributed by atoms with Crippen LogP contribution in [0.5, 0.6) is 17.2 Å². The summed E-state index contributed by atoms with van der Waals surface area (Å²) in [5, 5.41) is 2.29. The van der Waals surface area contributed by atoms with Crippen LogP contribution in [0.3, 0.4) is 0 Å². The molecule has 1 aliphatic heterocycles. The van der Waals surface area contributed by atoms with E-state index in [1.807, 2.05) is 6.07 Å². The van der Waals surface area contributed by atoms with Gasteiger partial charge in [-0.25, -0.2) is 0 Å². The third kappa shape index (κ3) is 5.00. The summed E-state index contributed by atoms with van der Waals surface area (Å²) in [7, 11) is 5.01. The first kappa shape index (κ1) is 25.8. The van der Waals surface area contributed by atoms with Crippen LogP contribution in [0, 0.1) is 0 Å². The Labute approximate surface area is 214 Å². The summed E-state index contributed by atoms with van der Waals surface area (Å²) in [6.45, 7) is 9.24. The van der Waals surface area contributed by atoms with E-state index >= 15 is 0 Å². The number of hydrogen-bond donors (Lipinski definition) is 0. The van der Waals surface area contributed by atoms with E-state index in [9.17, 15) is 4.79 Å². The minimum atomic E-state index is -0.104. The first-order valence-electron chi connectivity index (χ1n) is 12.8. The van der Waals surface area contributed by atoms with Crippen molar-refractivity contribution in [2.75, 3.05) is 47.5 Å². The Morgan fingerprint density at radius 1 is 0.944 bits per heavy atom. The number of rotatable bonds is 9. The molecule has 3 aromatic rings. The lowest BCUT2D eigenvalue weighted by Crippen LogP contribution is -2.46. The lowest BCUT2D eigenvalue weighted by molar-refractivity contribution is -0.135. The fourth-order valence-electron chi connectivity index (χ4n) is 5.36. The second-order valence-electron chi connectivity index (χ2n) is 9.41. The number of methoxy groups -OCH3 is 3. The number of hydrogen-bond acceptors (Lipinski definition) is 5. The van der Waals surface area contributed by atoms with Crippen molar-refractivity contribution in [1.82, 2.24) is 9.80 Å². The van der Waals surface area contributed by atoms with Gasteiger partial charge in [0.1, 0.15) is 5.75 Å². The fourth-order valence-corrected chi connectivity index (χ4v) is 5.36. The number of benzene rings is 3. The third-order valence-electron chi connectivity index (χ3n) is 7.57. The highest BCUT2D eigenvalue weighted by Gasteiger charge is 2.36. The first-order valence-corrected chi connectivity index (χ1v) is 12.8. The van der Waals surface area contributed by atoms with Crippen molar-refractivity contribution in [3.05, 3.63) is 65.2 Å². The van der Waals surface area contributed by atoms with Gasteiger partial charge in [0, 0.05) is 12.5 Å². The van der Waals surface area contributed by atoms with E-state index < -0.39 is 0 Å². The number of carbonyl (C=O) groups is 1. The van der Waals surface area contributed by atoms with Gasteiger partial charge >= 0.3 is 0 Å². The summed E-state index contributed by atoms with van der Waals surface area (Å²) in [5.74, 6) is 2.51. The summed E-state index contributed by atoms with van der Waals surface area (Å²) in [6.07, 6.45) is 0.792. The number of likely N-dealkylation sites (N-methyl/N-ethyl adjacent to an activating group) is 1. The quantitative estimate of drug-likeness (QED) is 0.400. The van der Waals surface area contributed by atoms with E-state index in [1.165, 1.54) is 11.1 Å². The molecule has 0 fully saturated rings. The molecule has 0 N–H and O–H groups in total. The maximum atomic E-state index is 13.7. The summed E-state index contributed by atoms with van der Waals surface area (Å²) >= 11 is 0. The number of nitrogens with zero attached hydrogens (tertiary/aromatic N) is 2. The Kier molecular flexibility index (Phi) is 8.04. The molecule has 0 aromatic heterocycles. The van der Waals surface area contributed by atoms with Gasteiger partial charge in [0.05, 0.1) is 33.9 Å². The monoisotopic (exact) mass is 490 g/mol. The molecule has 1 amide bonds. The minimum Gasteiger partial charge on any atom is -0.497 e. The number of amides is 1. The van der Waals surface area contributed by atoms with Crippen molar-refractivity contribution < 1.29 is 19.0 Å². The predicted molar refractivity (Wildman–Crippen MR) is 144 cm³/mol. The Morgan fingerprint density at radius 3 is 2.28 bits per heavy atom. The van der Waals surface area contributed by atoms with E-state index in [0.717, 1.165) is 47.3 Å². The van der Waals surface area contributed by atoms with Gasteiger partial charge in [0.2, 0.25) is 5.91 Å². The van der Waals surface area contributed by atoms with Gasteiger partial charge in [-0.05, 0) is 71.2 Å². The molecule has 6 nitrogen and oxygen atoms in total. The lowest BCUT2D eigenvalue weighted by Gasteiger charge is -2.42. The smallest absolute Gasteiger partial charge is 0.237 e. The second kappa shape index (κ2) is 11.2. The van der Waals surface area contributed by atoms with Crippen LogP contribution in [0.25, 0.3) is 10.8 Å². The molecule has 6 heteroatoms. The van der Waals surface area contributed by atoms with Gasteiger partial charge in [-0.2, -0.15) is 0 Å². The number of carbonyl (C=O) groups excluding carboxylic acids is 1. The van der Waals surface area contributed by atoms with Crippen LogP contribution in [0.2, 0.25) is 0 Å². The minimum absolute atomic E-state index is 0.0781. The molecule has 0 spiro atoms. The predicted octanol–water partition coefficient (Wildman–Crippen LogP) is 5.44. The Hall–Kier alpha value is -3.25. The summed E-state index contributed by atoms with van der Waals surface area (Å²) in [5.41, 5.74) is 3.54. The van der Waals surface area contributed by atoms with Gasteiger partial charge in [0.25, 0.3) is 0 Å². The zero-order chi connectivity index (χ0) is 25.8. The van der Waals surface area contributed by atoms with Crippen LogP contribution in [0.1, 0.15) is 49.4 Å². The fraction of sp³-hybridized carbons (Fsp3) is 0.433. The molecule has 1 aliphatic rings. The highest BCUT2D eigenvalue weighted by atomic mass is 16.5. The molecule has 0 bridgehead atoms. The topological polar surface area (TPSA) is 51.2 Å². The first-order chi connectivity index (χ1) is 17.4. The SMILES string of the molecule is CCN(CC)CC(=O)N1CCc2cc(OC)c(OC)cc2C1C(C)c1ccc2cc(OC)ccc2c1. The summed E-state index contributed by atoms with van der Waals surface area (Å²) in [4.78, 5) is 17.9. The van der Waals surface area contributed by atoms with Crippen molar-refractivity contribution in [2.45, 2.75) is 39.2 Å². The van der Waals surface area contributed by atoms with Gasteiger partial charge in [0.15, 0.2) is 11.5 Å². The summed E-state index contributed by atoms with van der Waals surface area (Å²) in [6, 6.07) is 16.7. The molecule has 0 aliphatic carbocycles. The molecule has 36 heavy (non-hydrogen) atoms. The normalized spacial score (nSPS) is 16.1. The second-order valence-corrected chi connectivity index (χ2v) is 9.41. The molecule has 3 aromatic carbocycles. The third-order valence-corrected chi connectivity index (χ3v) is 7.57. The Morgan fingerprint density at radius 2 is 1.61 bits per heavy atom. The van der Waals surface area contributed by atoms with Crippen LogP contribution in [0.15, 0.2) is 48.5 Å². The average Bonchev–Trinajstić information content (AvgIpc) is 2.93. The van der Waals surface area contributed by atoms with Crippen molar-refractivity contribution >= 4 is 16.7 Å². The van der Waals surface area contributed by atoms with E-state index in [0.29, 0.717) is 18.8 Å². The van der Waals surface area contributed by atoms with Crippen molar-refractivity contribution in [1.29, 1.82) is 0 Å². The Balaban J connectivity index is 1.78. The highest BCUT2D eigenvalue weighted by molar-refractivity contribution is 5.85. The number of ether oxygens (including phenoxy) is 3. The molecule has 2 unspecified atom stereocenters. The highest BCUT2D eigenvalue weighted by Crippen LogP contribution is 2.44. The van der Waals surface area contributed by atoms with Crippen LogP contribution in [-0.4, -0.2) is 63.2 Å². The van der Waals surface area contributed by atoms with Crippen LogP contribution in [0.4, 0.5) is 0 Å². The van der Waals surface area contributed by atoms with E-state index in [-0.39, 0.29) is 17.9 Å². The molecule has 0 saturated heterocycles. The van der Waals surface area contributed by atoms with Crippen molar-refractivity contribution in [2.24, 2.45) is 0 Å². The molecule has 0 radical (unpaired) electrons. The number of fused-ring (bicyclic) bond motifs is 2. The molecule has 2 atom stereocenters. The summed E-state index contributed by atoms with van der Waals surface area (Å²) < 4.78 is 16.6. The van der Waals surface area contributed by atoms with Crippen molar-refractivity contribution in [3.8, 4) is 17.2 Å². The average molecular weight is 491 g/mol. The molecule has 0 saturated carbocycles. The standard InChI is InChI=1S/C30H38N2O4/c1-7-31(8-2)19-29(33)32-14-13-24-17-27(35-5)28(36-6)18-26(24)30(32)20(3)21-9-10-23-16-25(34-4)12-11-22(23)15-21/h9-12,15-18,20,30H,7-8,13-14,19H2,1-6H3. The molecule has 192 valence electrons. The maximum absolute atomic E-state index is 13.7. The molecule has 1 heterocycles. The van der Waals surface area contributed by atoms with E-state index in [4.69, 9.17) is 14.2 Å². The zero-order valence-corrected chi connectivity index (χ0v) is 22.3. The van der Waals surface area contributed by atoms with Crippen LogP contribution >= 0.6 is 0 Å². The van der Waals surface area contributed by atoms with Crippen molar-refractivity contribution in [3.63, 3.8) is 0 Å². The van der Waals surface area contributed by atoms with Gasteiger partial charge < -0.3 is 19.1 Å². The largest absolute Gasteiger partial charge is 0.497 e. The zero-order valence-electron chi connectivity index (χ0n) is 22.3. The van der Waals surface area contributed by atoms with Gasteiger partial charge in [-0.15, -0.1) is 0 Å². The maximum Gasteiger partial charge on any atom is 0.237 e. The van der Waals surface area contributed by atoms with Crippen LogP contribution in [-0.2, 0) is 11.2 Å². The van der Waals surface area contributed by atoms with E-state index in [2.05, 4.69) is 73.0 Å². The molecular weight excluding hydrogens is 452 g/mol. The molecule has 4 rings (SSSR count). The van der Waals surface area contributed by atoms with Crippen LogP contribution < -0.4 is 14.2 Å².